The van der Waals surface area contributed by atoms with Crippen LogP contribution in [-0.4, -0.2) is 19.5 Å². The number of rotatable bonds is 5. The summed E-state index contributed by atoms with van der Waals surface area (Å²) in [6.07, 6.45) is 0. The second-order valence-corrected chi connectivity index (χ2v) is 14.7. The van der Waals surface area contributed by atoms with E-state index in [1.165, 1.54) is 66.0 Å². The molecule has 0 saturated heterocycles. The molecule has 0 N–H and O–H groups in total. The van der Waals surface area contributed by atoms with Crippen molar-refractivity contribution >= 4 is 43.4 Å². The second-order valence-electron chi connectivity index (χ2n) is 14.7. The fraction of sp³-hybridized carbons (Fsp3) is 0. The summed E-state index contributed by atoms with van der Waals surface area (Å²) in [7, 11) is 0. The van der Waals surface area contributed by atoms with Gasteiger partial charge in [0.1, 0.15) is 0 Å². The molecule has 0 atom stereocenters. The first-order chi connectivity index (χ1) is 28.3. The fourth-order valence-electron chi connectivity index (χ4n) is 9.05. The summed E-state index contributed by atoms with van der Waals surface area (Å²) in [5.74, 6) is 1.93. The van der Waals surface area contributed by atoms with Crippen LogP contribution in [-0.2, 0) is 0 Å². The Morgan fingerprint density at radius 3 is 1.58 bits per heavy atom. The van der Waals surface area contributed by atoms with E-state index < -0.39 is 0 Å². The number of benzene rings is 9. The van der Waals surface area contributed by atoms with E-state index in [4.69, 9.17) is 15.0 Å². The van der Waals surface area contributed by atoms with Crippen LogP contribution in [0.1, 0.15) is 0 Å². The molecule has 4 nitrogen and oxygen atoms in total. The normalized spacial score (nSPS) is 11.9. The molecule has 0 amide bonds. The molecule has 0 bridgehead atoms. The zero-order valence-corrected chi connectivity index (χ0v) is 30.8. The van der Waals surface area contributed by atoms with Crippen molar-refractivity contribution in [2.75, 3.05) is 0 Å². The van der Waals surface area contributed by atoms with E-state index in [0.717, 1.165) is 33.2 Å². The molecule has 0 fully saturated rings. The minimum atomic E-state index is 0.642. The molecule has 57 heavy (non-hydrogen) atoms. The molecule has 0 unspecified atom stereocenters. The van der Waals surface area contributed by atoms with Crippen molar-refractivity contribution in [3.05, 3.63) is 194 Å². The quantitative estimate of drug-likeness (QED) is 0.177. The Labute approximate surface area is 329 Å². The first-order valence-electron chi connectivity index (χ1n) is 19.4. The van der Waals surface area contributed by atoms with Gasteiger partial charge in [0.25, 0.3) is 0 Å². The summed E-state index contributed by atoms with van der Waals surface area (Å²) in [6.45, 7) is 0. The van der Waals surface area contributed by atoms with Crippen molar-refractivity contribution in [3.8, 4) is 73.2 Å². The zero-order chi connectivity index (χ0) is 37.5. The fourth-order valence-corrected chi connectivity index (χ4v) is 9.05. The summed E-state index contributed by atoms with van der Waals surface area (Å²) in [6, 6.07) is 69.3. The van der Waals surface area contributed by atoms with Gasteiger partial charge in [-0.3, -0.25) is 0 Å². The van der Waals surface area contributed by atoms with E-state index >= 15 is 0 Å². The highest BCUT2D eigenvalue weighted by atomic mass is 15.0. The van der Waals surface area contributed by atoms with E-state index in [0.29, 0.717) is 17.5 Å². The van der Waals surface area contributed by atoms with E-state index in [2.05, 4.69) is 162 Å². The van der Waals surface area contributed by atoms with Crippen LogP contribution in [0.3, 0.4) is 0 Å². The SMILES string of the molecule is c1ccc(-c2cc3c4c5c6c(cccc6ccc5n(-c5ccc(-c6nc(-c7ccccc7)nc(-c7ccccc7)n6)c6ccccc56)c4c2)-c2ccccc2-3)cc1. The lowest BCUT2D eigenvalue weighted by atomic mass is 9.92. The first kappa shape index (κ1) is 31.6. The molecule has 2 heterocycles. The van der Waals surface area contributed by atoms with Gasteiger partial charge in [-0.15, -0.1) is 0 Å². The van der Waals surface area contributed by atoms with Crippen molar-refractivity contribution in [1.29, 1.82) is 0 Å². The van der Waals surface area contributed by atoms with Gasteiger partial charge >= 0.3 is 0 Å². The molecule has 1 aliphatic rings. The van der Waals surface area contributed by atoms with Crippen LogP contribution in [0.15, 0.2) is 194 Å². The van der Waals surface area contributed by atoms with Crippen LogP contribution in [0.25, 0.3) is 117 Å². The molecular formula is C53H32N4. The van der Waals surface area contributed by atoms with Gasteiger partial charge in [0.2, 0.25) is 0 Å². The highest BCUT2D eigenvalue weighted by molar-refractivity contribution is 6.31. The molecule has 0 aliphatic heterocycles. The Morgan fingerprint density at radius 1 is 0.298 bits per heavy atom. The van der Waals surface area contributed by atoms with Gasteiger partial charge in [-0.05, 0) is 79.9 Å². The van der Waals surface area contributed by atoms with E-state index in [1.807, 2.05) is 36.4 Å². The standard InChI is InChI=1S/C53H32N4/c1-4-15-33(16-5-1)37-31-44-39-23-11-10-22-38(39)42-26-14-21-34-27-29-46-50(48(34)42)49(44)47(32-37)57(46)45-30-28-43(40-24-12-13-25-41(40)45)53-55-51(35-17-6-2-7-18-35)54-52(56-53)36-19-8-3-9-20-36/h1-32H. The van der Waals surface area contributed by atoms with Crippen LogP contribution in [0, 0.1) is 0 Å². The third-order valence-electron chi connectivity index (χ3n) is 11.6. The maximum absolute atomic E-state index is 5.14. The highest BCUT2D eigenvalue weighted by Crippen LogP contribution is 2.51. The summed E-state index contributed by atoms with van der Waals surface area (Å²) in [4.78, 5) is 15.3. The molecule has 12 rings (SSSR count). The van der Waals surface area contributed by atoms with Crippen molar-refractivity contribution in [2.24, 2.45) is 0 Å². The van der Waals surface area contributed by atoms with Crippen molar-refractivity contribution < 1.29 is 0 Å². The monoisotopic (exact) mass is 724 g/mol. The van der Waals surface area contributed by atoms with E-state index in [9.17, 15) is 0 Å². The smallest absolute Gasteiger partial charge is 0.164 e. The second kappa shape index (κ2) is 12.4. The van der Waals surface area contributed by atoms with Gasteiger partial charge in [0, 0.05) is 32.8 Å². The average Bonchev–Trinajstić information content (AvgIpc) is 3.56. The minimum absolute atomic E-state index is 0.642. The molecule has 264 valence electrons. The van der Waals surface area contributed by atoms with Crippen LogP contribution in [0.4, 0.5) is 0 Å². The highest BCUT2D eigenvalue weighted by Gasteiger charge is 2.26. The number of fused-ring (bicyclic) bond motifs is 4. The van der Waals surface area contributed by atoms with Crippen LogP contribution in [0.5, 0.6) is 0 Å². The number of aromatic nitrogens is 4. The maximum Gasteiger partial charge on any atom is 0.164 e. The van der Waals surface area contributed by atoms with Gasteiger partial charge in [-0.2, -0.15) is 0 Å². The third-order valence-corrected chi connectivity index (χ3v) is 11.6. The summed E-state index contributed by atoms with van der Waals surface area (Å²) in [5.41, 5.74) is 13.7. The Morgan fingerprint density at radius 2 is 0.877 bits per heavy atom. The molecule has 0 saturated carbocycles. The van der Waals surface area contributed by atoms with E-state index in [1.54, 1.807) is 0 Å². The van der Waals surface area contributed by atoms with Gasteiger partial charge in [-0.25, -0.2) is 15.0 Å². The summed E-state index contributed by atoms with van der Waals surface area (Å²) < 4.78 is 2.50. The van der Waals surface area contributed by atoms with Crippen LogP contribution >= 0.6 is 0 Å². The Kier molecular flexibility index (Phi) is 6.89. The van der Waals surface area contributed by atoms with Crippen molar-refractivity contribution in [3.63, 3.8) is 0 Å². The third kappa shape index (κ3) is 4.84. The van der Waals surface area contributed by atoms with Gasteiger partial charge in [0.05, 0.1) is 16.7 Å². The maximum atomic E-state index is 5.14. The van der Waals surface area contributed by atoms with E-state index in [-0.39, 0.29) is 0 Å². The molecular weight excluding hydrogens is 693 g/mol. The summed E-state index contributed by atoms with van der Waals surface area (Å²) in [5, 5.41) is 7.30. The van der Waals surface area contributed by atoms with Gasteiger partial charge in [0.15, 0.2) is 17.5 Å². The van der Waals surface area contributed by atoms with Crippen molar-refractivity contribution in [2.45, 2.75) is 0 Å². The minimum Gasteiger partial charge on any atom is -0.309 e. The lowest BCUT2D eigenvalue weighted by Crippen LogP contribution is -2.02. The molecule has 1 aliphatic carbocycles. The number of hydrogen-bond donors (Lipinski definition) is 0. The predicted molar refractivity (Wildman–Crippen MR) is 235 cm³/mol. The number of nitrogens with zero attached hydrogens (tertiary/aromatic N) is 4. The molecule has 9 aromatic carbocycles. The molecule has 11 aromatic rings. The molecule has 4 heteroatoms. The van der Waals surface area contributed by atoms with Crippen LogP contribution < -0.4 is 0 Å². The Hall–Kier alpha value is -7.69. The van der Waals surface area contributed by atoms with Gasteiger partial charge < -0.3 is 4.57 Å². The summed E-state index contributed by atoms with van der Waals surface area (Å²) >= 11 is 0. The zero-order valence-electron chi connectivity index (χ0n) is 30.8. The number of hydrogen-bond acceptors (Lipinski definition) is 3. The molecule has 2 aromatic heterocycles. The van der Waals surface area contributed by atoms with Gasteiger partial charge in [-0.1, -0.05) is 164 Å². The van der Waals surface area contributed by atoms with Crippen LogP contribution in [0.2, 0.25) is 0 Å². The Balaban J connectivity index is 1.18. The van der Waals surface area contributed by atoms with Crippen molar-refractivity contribution in [1.82, 2.24) is 19.5 Å². The topological polar surface area (TPSA) is 43.6 Å². The average molecular weight is 725 g/mol. The predicted octanol–water partition coefficient (Wildman–Crippen LogP) is 13.6. The first-order valence-corrected chi connectivity index (χ1v) is 19.4. The lowest BCUT2D eigenvalue weighted by molar-refractivity contribution is 1.08. The largest absolute Gasteiger partial charge is 0.309 e. The molecule has 0 radical (unpaired) electrons. The Bertz CT molecular complexity index is 3330. The lowest BCUT2D eigenvalue weighted by Gasteiger charge is -2.17. The molecule has 0 spiro atoms.